The molecule has 1 aliphatic rings. The lowest BCUT2D eigenvalue weighted by Gasteiger charge is -2.48. The standard InChI is InChI=1S/C33H39B2NS/c1-22(2)31(37)30(24(4)27(35)21-34)26-17-13-14-20-33(26,8)36(28-18-11-9-15-23(28)3)29-19-12-10-16-25(29)32(5,6)7/h9-19,37H,1,20-21H2,2-8H3/b27-24+,31-30-. The number of para-hydroxylation sites is 2. The SMILES string of the molecule is [B]C/C([B])=C(C)\C(C1=CC=CCC1(C)N(c1ccccc1C)c1ccccc1C(C)(C)C)=C(\S)C(=C)C. The van der Waals surface area contributed by atoms with Crippen molar-refractivity contribution in [2.75, 3.05) is 4.90 Å². The Hall–Kier alpha value is -2.58. The first-order valence-corrected chi connectivity index (χ1v) is 13.4. The number of anilines is 2. The van der Waals surface area contributed by atoms with Crippen LogP contribution in [0.25, 0.3) is 0 Å². The molecule has 2 aromatic carbocycles. The molecule has 0 heterocycles. The summed E-state index contributed by atoms with van der Waals surface area (Å²) >= 11 is 4.98. The Bertz CT molecular complexity index is 1310. The Morgan fingerprint density at radius 1 is 1.05 bits per heavy atom. The second-order valence-corrected chi connectivity index (χ2v) is 11.7. The molecule has 1 nitrogen and oxygen atoms in total. The van der Waals surface area contributed by atoms with E-state index < -0.39 is 5.54 Å². The van der Waals surface area contributed by atoms with Crippen LogP contribution in [0.5, 0.6) is 0 Å². The normalized spacial score (nSPS) is 19.1. The van der Waals surface area contributed by atoms with Gasteiger partial charge in [0.1, 0.15) is 7.85 Å². The molecular weight excluding hydrogens is 464 g/mol. The molecule has 188 valence electrons. The summed E-state index contributed by atoms with van der Waals surface area (Å²) in [6.45, 7) is 19.6. The lowest BCUT2D eigenvalue weighted by atomic mass is 9.71. The van der Waals surface area contributed by atoms with Crippen molar-refractivity contribution in [3.8, 4) is 0 Å². The van der Waals surface area contributed by atoms with Crippen LogP contribution < -0.4 is 4.90 Å². The molecule has 1 unspecified atom stereocenters. The average molecular weight is 503 g/mol. The largest absolute Gasteiger partial charge is 0.331 e. The number of aryl methyl sites for hydroxylation is 1. The fraction of sp³-hybridized carbons (Fsp3) is 0.333. The van der Waals surface area contributed by atoms with E-state index in [1.165, 1.54) is 22.5 Å². The summed E-state index contributed by atoms with van der Waals surface area (Å²) in [6, 6.07) is 17.4. The molecule has 2 aromatic rings. The van der Waals surface area contributed by atoms with E-state index in [2.05, 4.69) is 113 Å². The zero-order valence-corrected chi connectivity index (χ0v) is 24.4. The molecule has 0 aromatic heterocycles. The quantitative estimate of drug-likeness (QED) is 0.224. The van der Waals surface area contributed by atoms with Gasteiger partial charge in [-0.2, -0.15) is 0 Å². The molecule has 0 amide bonds. The third-order valence-electron chi connectivity index (χ3n) is 7.28. The van der Waals surface area contributed by atoms with Crippen molar-refractivity contribution in [2.45, 2.75) is 72.2 Å². The Morgan fingerprint density at radius 2 is 1.65 bits per heavy atom. The number of thiol groups is 1. The van der Waals surface area contributed by atoms with Gasteiger partial charge in [0, 0.05) is 16.3 Å². The summed E-state index contributed by atoms with van der Waals surface area (Å²) in [5.74, 6) is 0. The molecule has 0 aliphatic heterocycles. The molecule has 0 saturated heterocycles. The first-order valence-electron chi connectivity index (χ1n) is 12.9. The maximum atomic E-state index is 6.45. The second kappa shape index (κ2) is 11.4. The number of allylic oxidation sites excluding steroid dienone is 5. The van der Waals surface area contributed by atoms with Crippen LogP contribution in [-0.4, -0.2) is 21.2 Å². The van der Waals surface area contributed by atoms with Gasteiger partial charge in [-0.3, -0.25) is 0 Å². The molecule has 4 heteroatoms. The van der Waals surface area contributed by atoms with Gasteiger partial charge in [-0.15, -0.1) is 18.1 Å². The topological polar surface area (TPSA) is 3.24 Å². The van der Waals surface area contributed by atoms with Crippen LogP contribution in [0.3, 0.4) is 0 Å². The van der Waals surface area contributed by atoms with Crippen LogP contribution in [0, 0.1) is 6.92 Å². The van der Waals surface area contributed by atoms with Gasteiger partial charge in [-0.05, 0) is 79.5 Å². The fourth-order valence-corrected chi connectivity index (χ4v) is 5.42. The summed E-state index contributed by atoms with van der Waals surface area (Å²) in [4.78, 5) is 3.35. The Labute approximate surface area is 233 Å². The number of benzene rings is 2. The van der Waals surface area contributed by atoms with E-state index in [0.717, 1.165) is 33.6 Å². The average Bonchev–Trinajstić information content (AvgIpc) is 2.85. The molecule has 0 fully saturated rings. The van der Waals surface area contributed by atoms with E-state index in [9.17, 15) is 0 Å². The first kappa shape index (κ1) is 29.0. The Morgan fingerprint density at radius 3 is 2.22 bits per heavy atom. The van der Waals surface area contributed by atoms with Gasteiger partial charge < -0.3 is 4.90 Å². The second-order valence-electron chi connectivity index (χ2n) is 11.2. The molecule has 0 bridgehead atoms. The van der Waals surface area contributed by atoms with Gasteiger partial charge in [0.2, 0.25) is 0 Å². The van der Waals surface area contributed by atoms with Gasteiger partial charge in [-0.1, -0.05) is 93.9 Å². The third kappa shape index (κ3) is 5.80. The predicted molar refractivity (Wildman–Crippen MR) is 169 cm³/mol. The van der Waals surface area contributed by atoms with E-state index in [4.69, 9.17) is 28.3 Å². The van der Waals surface area contributed by atoms with Crippen LogP contribution in [-0.2, 0) is 5.41 Å². The smallest absolute Gasteiger partial charge is 0.107 e. The minimum atomic E-state index is -0.447. The zero-order chi connectivity index (χ0) is 27.5. The van der Waals surface area contributed by atoms with Crippen molar-refractivity contribution >= 4 is 39.7 Å². The minimum absolute atomic E-state index is 0.0485. The monoisotopic (exact) mass is 503 g/mol. The van der Waals surface area contributed by atoms with Gasteiger partial charge in [0.05, 0.1) is 13.4 Å². The van der Waals surface area contributed by atoms with Crippen molar-refractivity contribution in [3.05, 3.63) is 117 Å². The van der Waals surface area contributed by atoms with Crippen molar-refractivity contribution in [1.82, 2.24) is 0 Å². The highest BCUT2D eigenvalue weighted by atomic mass is 32.1. The summed E-state index contributed by atoms with van der Waals surface area (Å²) in [6.07, 6.45) is 7.67. The van der Waals surface area contributed by atoms with Crippen molar-refractivity contribution < 1.29 is 0 Å². The summed E-state index contributed by atoms with van der Waals surface area (Å²) in [5, 5.41) is 0. The highest BCUT2D eigenvalue weighted by Crippen LogP contribution is 2.49. The highest BCUT2D eigenvalue weighted by Gasteiger charge is 2.41. The van der Waals surface area contributed by atoms with Crippen LogP contribution in [0.2, 0.25) is 6.32 Å². The molecule has 0 N–H and O–H groups in total. The summed E-state index contributed by atoms with van der Waals surface area (Å²) < 4.78 is 0. The van der Waals surface area contributed by atoms with E-state index in [1.54, 1.807) is 0 Å². The Balaban J connectivity index is 2.45. The first-order chi connectivity index (χ1) is 17.3. The number of nitrogens with zero attached hydrogens (tertiary/aromatic N) is 1. The predicted octanol–water partition coefficient (Wildman–Crippen LogP) is 8.86. The van der Waals surface area contributed by atoms with Crippen LogP contribution in [0.4, 0.5) is 11.4 Å². The molecule has 4 radical (unpaired) electrons. The van der Waals surface area contributed by atoms with E-state index >= 15 is 0 Å². The van der Waals surface area contributed by atoms with Crippen molar-refractivity contribution in [2.24, 2.45) is 0 Å². The number of rotatable bonds is 7. The number of hydrogen-bond donors (Lipinski definition) is 1. The maximum absolute atomic E-state index is 6.45. The van der Waals surface area contributed by atoms with E-state index in [-0.39, 0.29) is 11.7 Å². The molecule has 37 heavy (non-hydrogen) atoms. The molecule has 1 aliphatic carbocycles. The van der Waals surface area contributed by atoms with Gasteiger partial charge in [-0.25, -0.2) is 0 Å². The lowest BCUT2D eigenvalue weighted by Crippen LogP contribution is -2.47. The summed E-state index contributed by atoms with van der Waals surface area (Å²) in [5.41, 5.74) is 8.99. The van der Waals surface area contributed by atoms with Crippen LogP contribution >= 0.6 is 12.6 Å². The van der Waals surface area contributed by atoms with Crippen LogP contribution in [0.15, 0.2) is 106 Å². The Kier molecular flexibility index (Phi) is 8.96. The van der Waals surface area contributed by atoms with Gasteiger partial charge in [0.25, 0.3) is 0 Å². The van der Waals surface area contributed by atoms with Gasteiger partial charge >= 0.3 is 0 Å². The zero-order valence-electron chi connectivity index (χ0n) is 23.5. The fourth-order valence-electron chi connectivity index (χ4n) is 5.13. The third-order valence-corrected chi connectivity index (χ3v) is 7.89. The minimum Gasteiger partial charge on any atom is -0.331 e. The van der Waals surface area contributed by atoms with E-state index in [1.807, 2.05) is 13.8 Å². The molecule has 0 saturated carbocycles. The molecule has 3 rings (SSSR count). The summed E-state index contributed by atoms with van der Waals surface area (Å²) in [7, 11) is 12.5. The van der Waals surface area contributed by atoms with Gasteiger partial charge in [0.15, 0.2) is 0 Å². The molecular formula is C33H39B2NS. The van der Waals surface area contributed by atoms with Crippen molar-refractivity contribution in [1.29, 1.82) is 0 Å². The maximum Gasteiger partial charge on any atom is 0.107 e. The molecule has 1 atom stereocenters. The van der Waals surface area contributed by atoms with Crippen molar-refractivity contribution in [3.63, 3.8) is 0 Å². The number of hydrogen-bond acceptors (Lipinski definition) is 2. The molecule has 0 spiro atoms. The van der Waals surface area contributed by atoms with Crippen LogP contribution in [0.1, 0.15) is 59.1 Å². The van der Waals surface area contributed by atoms with E-state index in [0.29, 0.717) is 5.47 Å². The highest BCUT2D eigenvalue weighted by molar-refractivity contribution is 7.84. The lowest BCUT2D eigenvalue weighted by molar-refractivity contribution is 0.529.